The Morgan fingerprint density at radius 1 is 0.319 bits per heavy atom. The second kappa shape index (κ2) is 20.2. The second-order valence-corrected chi connectivity index (χ2v) is 17.9. The molecule has 11 aromatic rings. The number of hydrogen-bond acceptors (Lipinski definition) is 4. The number of ether oxygens (including phenoxy) is 1. The predicted molar refractivity (Wildman–Crippen MR) is 301 cm³/mol. The maximum absolute atomic E-state index is 12.1. The van der Waals surface area contributed by atoms with Crippen molar-refractivity contribution < 1.29 is 9.53 Å². The maximum atomic E-state index is 12.1. The number of carbonyl (C=O) groups excluding carboxylic acids is 1. The fourth-order valence-electron chi connectivity index (χ4n) is 9.35. The van der Waals surface area contributed by atoms with Crippen LogP contribution in [-0.4, -0.2) is 5.97 Å². The SMILES string of the molecule is C=C(C)C(=O)Oc1ccc(-c2ccc(N(c3ccc(-c4ccc(N(c5ccc(-c6ccccc6)cc5)c5ccc(-c6ccccc6)cc5)cc4)cc3)c3ccc(-c4cccc5ccccc45)cc3)cc2)cc1. The predicted octanol–water partition coefficient (Wildman–Crippen LogP) is 18.6. The van der Waals surface area contributed by atoms with Crippen molar-refractivity contribution in [1.29, 1.82) is 0 Å². The molecule has 72 heavy (non-hydrogen) atoms. The largest absolute Gasteiger partial charge is 0.423 e. The van der Waals surface area contributed by atoms with Crippen molar-refractivity contribution in [3.05, 3.63) is 285 Å². The van der Waals surface area contributed by atoms with Crippen molar-refractivity contribution in [2.75, 3.05) is 9.80 Å². The van der Waals surface area contributed by atoms with Crippen molar-refractivity contribution in [2.45, 2.75) is 6.92 Å². The summed E-state index contributed by atoms with van der Waals surface area (Å²) in [7, 11) is 0. The van der Waals surface area contributed by atoms with E-state index in [0.29, 0.717) is 11.3 Å². The van der Waals surface area contributed by atoms with E-state index in [1.54, 1.807) is 6.92 Å². The van der Waals surface area contributed by atoms with Crippen LogP contribution in [0.15, 0.2) is 285 Å². The third-order valence-corrected chi connectivity index (χ3v) is 13.1. The molecular weight excluding hydrogens is 877 g/mol. The highest BCUT2D eigenvalue weighted by Gasteiger charge is 2.17. The van der Waals surface area contributed by atoms with Crippen molar-refractivity contribution in [3.63, 3.8) is 0 Å². The fraction of sp³-hybridized carbons (Fsp3) is 0.0147. The van der Waals surface area contributed by atoms with E-state index in [-0.39, 0.29) is 0 Å². The summed E-state index contributed by atoms with van der Waals surface area (Å²) in [4.78, 5) is 16.7. The molecule has 344 valence electrons. The highest BCUT2D eigenvalue weighted by molar-refractivity contribution is 5.97. The average Bonchev–Trinajstić information content (AvgIpc) is 3.45. The number of anilines is 6. The lowest BCUT2D eigenvalue weighted by atomic mass is 9.98. The first kappa shape index (κ1) is 45.0. The standard InChI is InChI=1S/C68H50N2O2/c1-48(2)68(71)72-65-46-32-56(33-47-65)55-28-42-63(43-29-55)70(64-44-30-58(31-45-64)67-19-11-17-57-16-9-10-18-66(57)67)62-40-26-54(27-41-62)53-24-38-61(39-25-53)69(59-34-20-51(21-35-59)49-12-5-3-6-13-49)60-36-22-52(23-37-60)50-14-7-4-8-15-50/h3-47H,1H2,2H3. The normalized spacial score (nSPS) is 11.0. The molecule has 0 spiro atoms. The quantitative estimate of drug-likeness (QED) is 0.0655. The molecule has 11 aromatic carbocycles. The molecule has 0 atom stereocenters. The minimum atomic E-state index is -0.437. The molecule has 0 aromatic heterocycles. The molecule has 0 radical (unpaired) electrons. The van der Waals surface area contributed by atoms with Crippen LogP contribution >= 0.6 is 0 Å². The minimum absolute atomic E-state index is 0.359. The highest BCUT2D eigenvalue weighted by atomic mass is 16.5. The molecular formula is C68H50N2O2. The summed E-state index contributed by atoms with van der Waals surface area (Å²) >= 11 is 0. The van der Waals surface area contributed by atoms with Crippen LogP contribution in [0.25, 0.3) is 66.4 Å². The summed E-state index contributed by atoms with van der Waals surface area (Å²) in [5.74, 6) is 0.0476. The Morgan fingerprint density at radius 2 is 0.611 bits per heavy atom. The van der Waals surface area contributed by atoms with Crippen LogP contribution < -0.4 is 14.5 Å². The summed E-state index contributed by atoms with van der Waals surface area (Å²) < 4.78 is 5.44. The van der Waals surface area contributed by atoms with E-state index in [1.807, 2.05) is 24.3 Å². The van der Waals surface area contributed by atoms with Crippen molar-refractivity contribution in [2.24, 2.45) is 0 Å². The van der Waals surface area contributed by atoms with Crippen molar-refractivity contribution in [1.82, 2.24) is 0 Å². The van der Waals surface area contributed by atoms with Gasteiger partial charge in [0.15, 0.2) is 0 Å². The molecule has 11 rings (SSSR count). The van der Waals surface area contributed by atoms with Gasteiger partial charge in [-0.3, -0.25) is 0 Å². The molecule has 4 nitrogen and oxygen atoms in total. The Balaban J connectivity index is 0.902. The summed E-state index contributed by atoms with van der Waals surface area (Å²) in [5, 5.41) is 2.45. The molecule has 0 fully saturated rings. The Hall–Kier alpha value is -9.51. The van der Waals surface area contributed by atoms with E-state index in [4.69, 9.17) is 4.74 Å². The molecule has 0 saturated heterocycles. The van der Waals surface area contributed by atoms with E-state index >= 15 is 0 Å². The third kappa shape index (κ3) is 9.58. The fourth-order valence-corrected chi connectivity index (χ4v) is 9.35. The average molecular weight is 927 g/mol. The van der Waals surface area contributed by atoms with Gasteiger partial charge in [0.05, 0.1) is 0 Å². The van der Waals surface area contributed by atoms with E-state index < -0.39 is 5.97 Å². The van der Waals surface area contributed by atoms with E-state index in [1.165, 1.54) is 38.6 Å². The molecule has 4 heteroatoms. The first-order valence-electron chi connectivity index (χ1n) is 24.2. The second-order valence-electron chi connectivity index (χ2n) is 17.9. The Labute approximate surface area is 421 Å². The minimum Gasteiger partial charge on any atom is -0.423 e. The van der Waals surface area contributed by atoms with Gasteiger partial charge in [-0.15, -0.1) is 0 Å². The van der Waals surface area contributed by atoms with E-state index in [9.17, 15) is 4.79 Å². The molecule has 0 unspecified atom stereocenters. The van der Waals surface area contributed by atoms with Crippen molar-refractivity contribution >= 4 is 50.9 Å². The van der Waals surface area contributed by atoms with Crippen LogP contribution in [0.4, 0.5) is 34.1 Å². The van der Waals surface area contributed by atoms with Crippen molar-refractivity contribution in [3.8, 4) is 61.4 Å². The van der Waals surface area contributed by atoms with Crippen LogP contribution in [0.3, 0.4) is 0 Å². The van der Waals surface area contributed by atoms with Gasteiger partial charge in [-0.25, -0.2) is 4.79 Å². The molecule has 0 heterocycles. The lowest BCUT2D eigenvalue weighted by Crippen LogP contribution is -2.10. The Bertz CT molecular complexity index is 3540. The summed E-state index contributed by atoms with van der Waals surface area (Å²) in [6.45, 7) is 5.33. The third-order valence-electron chi connectivity index (χ3n) is 13.1. The van der Waals surface area contributed by atoms with Gasteiger partial charge in [0.25, 0.3) is 0 Å². The zero-order chi connectivity index (χ0) is 48.8. The van der Waals surface area contributed by atoms with Gasteiger partial charge < -0.3 is 14.5 Å². The molecule has 0 bridgehead atoms. The maximum Gasteiger partial charge on any atom is 0.338 e. The molecule has 0 aliphatic rings. The first-order valence-corrected chi connectivity index (χ1v) is 24.2. The molecule has 0 aliphatic heterocycles. The smallest absolute Gasteiger partial charge is 0.338 e. The molecule has 0 amide bonds. The molecule has 0 N–H and O–H groups in total. The zero-order valence-corrected chi connectivity index (χ0v) is 39.9. The van der Waals surface area contributed by atoms with Crippen LogP contribution in [0.2, 0.25) is 0 Å². The van der Waals surface area contributed by atoms with Gasteiger partial charge in [-0.2, -0.15) is 0 Å². The Morgan fingerprint density at radius 3 is 0.972 bits per heavy atom. The molecule has 0 saturated carbocycles. The number of carbonyl (C=O) groups is 1. The summed E-state index contributed by atoms with van der Waals surface area (Å²) in [6.07, 6.45) is 0. The van der Waals surface area contributed by atoms with Crippen LogP contribution in [0.5, 0.6) is 5.75 Å². The number of rotatable bonds is 13. The van der Waals surface area contributed by atoms with E-state index in [0.717, 1.165) is 61.9 Å². The zero-order valence-electron chi connectivity index (χ0n) is 39.9. The van der Waals surface area contributed by atoms with Gasteiger partial charge in [-0.05, 0) is 158 Å². The van der Waals surface area contributed by atoms with Gasteiger partial charge in [0, 0.05) is 39.7 Å². The topological polar surface area (TPSA) is 32.8 Å². The van der Waals surface area contributed by atoms with Gasteiger partial charge in [0.2, 0.25) is 0 Å². The molecule has 0 aliphatic carbocycles. The first-order chi connectivity index (χ1) is 35.4. The Kier molecular flexibility index (Phi) is 12.6. The monoisotopic (exact) mass is 926 g/mol. The number of fused-ring (bicyclic) bond motifs is 1. The number of nitrogens with zero attached hydrogens (tertiary/aromatic N) is 2. The number of esters is 1. The summed E-state index contributed by atoms with van der Waals surface area (Å²) in [5.41, 5.74) is 18.1. The highest BCUT2D eigenvalue weighted by Crippen LogP contribution is 2.41. The van der Waals surface area contributed by atoms with Gasteiger partial charge >= 0.3 is 5.97 Å². The van der Waals surface area contributed by atoms with Crippen LogP contribution in [0, 0.1) is 0 Å². The van der Waals surface area contributed by atoms with Crippen LogP contribution in [-0.2, 0) is 4.79 Å². The summed E-state index contributed by atoms with van der Waals surface area (Å²) in [6, 6.07) is 96.4. The number of benzene rings is 11. The lowest BCUT2D eigenvalue weighted by molar-refractivity contribution is -0.130. The van der Waals surface area contributed by atoms with Gasteiger partial charge in [-0.1, -0.05) is 195 Å². The van der Waals surface area contributed by atoms with E-state index in [2.05, 4.69) is 265 Å². The van der Waals surface area contributed by atoms with Gasteiger partial charge in [0.1, 0.15) is 5.75 Å². The lowest BCUT2D eigenvalue weighted by Gasteiger charge is -2.27. The van der Waals surface area contributed by atoms with Crippen LogP contribution in [0.1, 0.15) is 6.92 Å². The number of hydrogen-bond donors (Lipinski definition) is 0.